The van der Waals surface area contributed by atoms with E-state index in [9.17, 15) is 13.5 Å². The van der Waals surface area contributed by atoms with Crippen molar-refractivity contribution in [2.45, 2.75) is 36.6 Å². The highest BCUT2D eigenvalue weighted by Crippen LogP contribution is 2.25. The minimum atomic E-state index is -3.51. The molecule has 1 atom stereocenters. The quantitative estimate of drug-likeness (QED) is 0.845. The molecule has 1 saturated heterocycles. The normalized spacial score (nSPS) is 21.0. The van der Waals surface area contributed by atoms with Crippen molar-refractivity contribution in [1.29, 1.82) is 0 Å². The van der Waals surface area contributed by atoms with Gasteiger partial charge >= 0.3 is 0 Å². The number of hydrogen-bond donors (Lipinski definition) is 1. The van der Waals surface area contributed by atoms with Crippen molar-refractivity contribution in [3.63, 3.8) is 0 Å². The maximum Gasteiger partial charge on any atom is 0.243 e. The number of nitrogens with zero attached hydrogens (tertiary/aromatic N) is 1. The molecule has 1 fully saturated rings. The molecule has 1 aromatic rings. The Balaban J connectivity index is 2.24. The summed E-state index contributed by atoms with van der Waals surface area (Å²) in [6.45, 7) is 0.362. The van der Waals surface area contributed by atoms with Crippen LogP contribution in [0, 0.1) is 0 Å². The van der Waals surface area contributed by atoms with Crippen LogP contribution >= 0.6 is 11.6 Å². The highest BCUT2D eigenvalue weighted by Gasteiger charge is 2.32. The van der Waals surface area contributed by atoms with Crippen LogP contribution in [0.1, 0.15) is 24.8 Å². The van der Waals surface area contributed by atoms with E-state index in [0.29, 0.717) is 12.4 Å². The zero-order valence-corrected chi connectivity index (χ0v) is 12.9. The van der Waals surface area contributed by atoms with Gasteiger partial charge in [0.05, 0.1) is 11.5 Å². The van der Waals surface area contributed by atoms with E-state index in [1.807, 2.05) is 0 Å². The second kappa shape index (κ2) is 6.89. The minimum absolute atomic E-state index is 0.121. The maximum atomic E-state index is 12.6. The van der Waals surface area contributed by atoms with Gasteiger partial charge in [0.15, 0.2) is 0 Å². The number of aliphatic hydroxyl groups excluding tert-OH is 1. The smallest absolute Gasteiger partial charge is 0.243 e. The van der Waals surface area contributed by atoms with Crippen LogP contribution in [-0.2, 0) is 16.4 Å². The molecule has 6 heteroatoms. The van der Waals surface area contributed by atoms with E-state index in [1.54, 1.807) is 24.3 Å². The first kappa shape index (κ1) is 15.8. The van der Waals surface area contributed by atoms with Crippen LogP contribution in [-0.4, -0.2) is 42.9 Å². The van der Waals surface area contributed by atoms with Gasteiger partial charge in [-0.1, -0.05) is 18.6 Å². The molecule has 0 saturated carbocycles. The third-order valence-electron chi connectivity index (χ3n) is 3.70. The average molecular weight is 318 g/mol. The number of alkyl halides is 1. The first-order valence-electron chi connectivity index (χ1n) is 6.87. The van der Waals surface area contributed by atoms with Gasteiger partial charge in [-0.05, 0) is 37.0 Å². The maximum absolute atomic E-state index is 12.6. The molecule has 0 bridgehead atoms. The van der Waals surface area contributed by atoms with Crippen LogP contribution < -0.4 is 0 Å². The van der Waals surface area contributed by atoms with Gasteiger partial charge in [-0.3, -0.25) is 0 Å². The van der Waals surface area contributed by atoms with E-state index in [2.05, 4.69) is 0 Å². The lowest BCUT2D eigenvalue weighted by atomic mass is 10.1. The van der Waals surface area contributed by atoms with Crippen LogP contribution in [0.15, 0.2) is 29.2 Å². The fourth-order valence-electron chi connectivity index (χ4n) is 2.55. The zero-order valence-electron chi connectivity index (χ0n) is 11.3. The third-order valence-corrected chi connectivity index (χ3v) is 5.85. The fraction of sp³-hybridized carbons (Fsp3) is 0.571. The molecule has 20 heavy (non-hydrogen) atoms. The molecular weight excluding hydrogens is 298 g/mol. The van der Waals surface area contributed by atoms with Gasteiger partial charge in [0, 0.05) is 18.5 Å². The van der Waals surface area contributed by atoms with Crippen LogP contribution in [0.5, 0.6) is 0 Å². The second-order valence-corrected chi connectivity index (χ2v) is 7.30. The van der Waals surface area contributed by atoms with E-state index in [0.717, 1.165) is 31.2 Å². The number of halogens is 1. The Labute approximate surface area is 125 Å². The van der Waals surface area contributed by atoms with E-state index in [-0.39, 0.29) is 17.5 Å². The molecule has 4 nitrogen and oxygen atoms in total. The van der Waals surface area contributed by atoms with Crippen molar-refractivity contribution in [3.05, 3.63) is 29.8 Å². The highest BCUT2D eigenvalue weighted by molar-refractivity contribution is 7.89. The largest absolute Gasteiger partial charge is 0.395 e. The summed E-state index contributed by atoms with van der Waals surface area (Å²) < 4.78 is 26.7. The van der Waals surface area contributed by atoms with Crippen molar-refractivity contribution >= 4 is 21.6 Å². The number of piperidine rings is 1. The zero-order chi connectivity index (χ0) is 14.6. The van der Waals surface area contributed by atoms with Crippen LogP contribution in [0.4, 0.5) is 0 Å². The molecule has 0 spiro atoms. The Bertz CT molecular complexity index is 530. The Kier molecular flexibility index (Phi) is 5.43. The summed E-state index contributed by atoms with van der Waals surface area (Å²) >= 11 is 5.67. The van der Waals surface area contributed by atoms with Gasteiger partial charge < -0.3 is 5.11 Å². The molecule has 0 aliphatic carbocycles. The molecule has 1 heterocycles. The van der Waals surface area contributed by atoms with Gasteiger partial charge in [0.25, 0.3) is 0 Å². The highest BCUT2D eigenvalue weighted by atomic mass is 35.5. The van der Waals surface area contributed by atoms with Gasteiger partial charge in [-0.15, -0.1) is 11.6 Å². The molecule has 0 aromatic heterocycles. The average Bonchev–Trinajstić information content (AvgIpc) is 2.48. The molecule has 0 amide bonds. The number of sulfonamides is 1. The van der Waals surface area contributed by atoms with Crippen molar-refractivity contribution in [2.24, 2.45) is 0 Å². The third kappa shape index (κ3) is 3.34. The van der Waals surface area contributed by atoms with Crippen LogP contribution in [0.25, 0.3) is 0 Å². The van der Waals surface area contributed by atoms with Gasteiger partial charge in [0.1, 0.15) is 0 Å². The monoisotopic (exact) mass is 317 g/mol. The van der Waals surface area contributed by atoms with E-state index >= 15 is 0 Å². The first-order chi connectivity index (χ1) is 9.59. The fourth-order valence-corrected chi connectivity index (χ4v) is 4.45. The molecule has 1 unspecified atom stereocenters. The van der Waals surface area contributed by atoms with Crippen molar-refractivity contribution in [1.82, 2.24) is 4.31 Å². The summed E-state index contributed by atoms with van der Waals surface area (Å²) in [5, 5.41) is 9.36. The molecule has 1 aromatic carbocycles. The lowest BCUT2D eigenvalue weighted by Gasteiger charge is -2.33. The predicted octanol–water partition coefficient (Wildman–Crippen LogP) is 2.00. The summed E-state index contributed by atoms with van der Waals surface area (Å²) in [6.07, 6.45) is 3.26. The molecule has 1 aliphatic heterocycles. The molecule has 1 N–H and O–H groups in total. The molecule has 112 valence electrons. The van der Waals surface area contributed by atoms with Crippen LogP contribution in [0.2, 0.25) is 0 Å². The summed E-state index contributed by atoms with van der Waals surface area (Å²) in [7, 11) is -3.51. The lowest BCUT2D eigenvalue weighted by molar-refractivity contribution is 0.155. The van der Waals surface area contributed by atoms with Gasteiger partial charge in [-0.25, -0.2) is 8.42 Å². The molecular formula is C14H20ClNO3S. The molecule has 1 aliphatic rings. The molecule has 2 rings (SSSR count). The van der Waals surface area contributed by atoms with Crippen molar-refractivity contribution in [2.75, 3.05) is 19.0 Å². The Morgan fingerprint density at radius 3 is 2.55 bits per heavy atom. The Morgan fingerprint density at radius 1 is 1.25 bits per heavy atom. The standard InChI is InChI=1S/C14H20ClNO3S/c15-9-8-12-4-6-14(7-5-12)20(18,19)16-10-2-1-3-13(16)11-17/h4-7,13,17H,1-3,8-11H2. The number of hydrogen-bond acceptors (Lipinski definition) is 3. The summed E-state index contributed by atoms with van der Waals surface area (Å²) in [6, 6.07) is 6.55. The number of benzene rings is 1. The summed E-state index contributed by atoms with van der Waals surface area (Å²) in [4.78, 5) is 0.288. The predicted molar refractivity (Wildman–Crippen MR) is 79.5 cm³/mol. The number of rotatable bonds is 5. The number of aliphatic hydroxyl groups is 1. The summed E-state index contributed by atoms with van der Waals surface area (Å²) in [5.41, 5.74) is 1.02. The second-order valence-electron chi connectivity index (χ2n) is 5.03. The summed E-state index contributed by atoms with van der Waals surface area (Å²) in [5.74, 6) is 0.519. The van der Waals surface area contributed by atoms with Crippen LogP contribution in [0.3, 0.4) is 0 Å². The van der Waals surface area contributed by atoms with Crippen molar-refractivity contribution in [3.8, 4) is 0 Å². The van der Waals surface area contributed by atoms with Crippen molar-refractivity contribution < 1.29 is 13.5 Å². The first-order valence-corrected chi connectivity index (χ1v) is 8.84. The Hall–Kier alpha value is -0.620. The minimum Gasteiger partial charge on any atom is -0.395 e. The number of aryl methyl sites for hydroxylation is 1. The van der Waals surface area contributed by atoms with Gasteiger partial charge in [-0.2, -0.15) is 4.31 Å². The topological polar surface area (TPSA) is 57.6 Å². The van der Waals surface area contributed by atoms with E-state index in [1.165, 1.54) is 4.31 Å². The lowest BCUT2D eigenvalue weighted by Crippen LogP contribution is -2.45. The van der Waals surface area contributed by atoms with E-state index < -0.39 is 10.0 Å². The Morgan fingerprint density at radius 2 is 1.95 bits per heavy atom. The SMILES string of the molecule is O=S(=O)(c1ccc(CCCl)cc1)N1CCCCC1CO. The van der Waals surface area contributed by atoms with Gasteiger partial charge in [0.2, 0.25) is 10.0 Å². The van der Waals surface area contributed by atoms with E-state index in [4.69, 9.17) is 11.6 Å². The molecule has 0 radical (unpaired) electrons.